The molecule has 1 amide bonds. The van der Waals surface area contributed by atoms with E-state index < -0.39 is 0 Å². The Kier molecular flexibility index (Phi) is 6.20. The minimum Gasteiger partial charge on any atom is -0.372 e. The summed E-state index contributed by atoms with van der Waals surface area (Å²) < 4.78 is 5.78. The van der Waals surface area contributed by atoms with Gasteiger partial charge >= 0.3 is 0 Å². The molecule has 0 radical (unpaired) electrons. The highest BCUT2D eigenvalue weighted by atomic mass is 16.5. The molecule has 162 valence electrons. The predicted molar refractivity (Wildman–Crippen MR) is 126 cm³/mol. The van der Waals surface area contributed by atoms with E-state index >= 15 is 0 Å². The number of rotatable bonds is 4. The van der Waals surface area contributed by atoms with Gasteiger partial charge in [0.05, 0.1) is 35.7 Å². The third-order valence-electron chi connectivity index (χ3n) is 5.57. The second-order valence-corrected chi connectivity index (χ2v) is 8.24. The van der Waals surface area contributed by atoms with Crippen molar-refractivity contribution in [2.24, 2.45) is 0 Å². The number of hydrogen-bond donors (Lipinski definition) is 1. The number of nitrogens with zero attached hydrogens (tertiary/aromatic N) is 3. The van der Waals surface area contributed by atoms with E-state index in [1.807, 2.05) is 49.4 Å². The SMILES string of the molecule is Cc1ccc(C(=O)Nc2ccc(N3C[C@@H](C)O[C@@H](C)C3)nc2)cc1-c1ccc(C#N)cc1. The zero-order valence-electron chi connectivity index (χ0n) is 18.5. The van der Waals surface area contributed by atoms with E-state index in [2.05, 4.69) is 35.1 Å². The lowest BCUT2D eigenvalue weighted by Gasteiger charge is -2.36. The number of ether oxygens (including phenoxy) is 1. The van der Waals surface area contributed by atoms with Crippen LogP contribution in [0.15, 0.2) is 60.8 Å². The Morgan fingerprint density at radius 1 is 1.09 bits per heavy atom. The minimum atomic E-state index is -0.192. The van der Waals surface area contributed by atoms with Crippen molar-refractivity contribution >= 4 is 17.4 Å². The smallest absolute Gasteiger partial charge is 0.255 e. The molecule has 0 spiro atoms. The summed E-state index contributed by atoms with van der Waals surface area (Å²) in [5.41, 5.74) is 4.81. The summed E-state index contributed by atoms with van der Waals surface area (Å²) in [6, 6.07) is 18.9. The summed E-state index contributed by atoms with van der Waals surface area (Å²) >= 11 is 0. The Labute approximate surface area is 188 Å². The highest BCUT2D eigenvalue weighted by molar-refractivity contribution is 6.05. The summed E-state index contributed by atoms with van der Waals surface area (Å²) in [6.45, 7) is 7.72. The van der Waals surface area contributed by atoms with E-state index in [1.165, 1.54) is 0 Å². The summed E-state index contributed by atoms with van der Waals surface area (Å²) in [5.74, 6) is 0.687. The summed E-state index contributed by atoms with van der Waals surface area (Å²) in [7, 11) is 0. The van der Waals surface area contributed by atoms with Gasteiger partial charge in [0.1, 0.15) is 5.82 Å². The number of amides is 1. The number of aryl methyl sites for hydroxylation is 1. The van der Waals surface area contributed by atoms with Crippen LogP contribution in [0.5, 0.6) is 0 Å². The quantitative estimate of drug-likeness (QED) is 0.649. The molecule has 0 bridgehead atoms. The fourth-order valence-corrected chi connectivity index (χ4v) is 4.01. The molecule has 4 rings (SSSR count). The number of aromatic nitrogens is 1. The van der Waals surface area contributed by atoms with Crippen LogP contribution in [0.25, 0.3) is 11.1 Å². The third kappa shape index (κ3) is 4.79. The van der Waals surface area contributed by atoms with Crippen LogP contribution in [0.1, 0.15) is 35.3 Å². The first-order valence-electron chi connectivity index (χ1n) is 10.7. The Hall–Kier alpha value is -3.69. The fourth-order valence-electron chi connectivity index (χ4n) is 4.01. The molecule has 32 heavy (non-hydrogen) atoms. The zero-order chi connectivity index (χ0) is 22.7. The summed E-state index contributed by atoms with van der Waals surface area (Å²) in [5, 5.41) is 11.9. The lowest BCUT2D eigenvalue weighted by Crippen LogP contribution is -2.45. The first-order valence-corrected chi connectivity index (χ1v) is 10.7. The van der Waals surface area contributed by atoms with Crippen LogP contribution < -0.4 is 10.2 Å². The summed E-state index contributed by atoms with van der Waals surface area (Å²) in [6.07, 6.45) is 2.01. The van der Waals surface area contributed by atoms with Crippen molar-refractivity contribution in [2.75, 3.05) is 23.3 Å². The largest absolute Gasteiger partial charge is 0.372 e. The third-order valence-corrected chi connectivity index (χ3v) is 5.57. The van der Waals surface area contributed by atoms with Crippen LogP contribution in [0.4, 0.5) is 11.5 Å². The van der Waals surface area contributed by atoms with Gasteiger partial charge in [-0.05, 0) is 73.9 Å². The van der Waals surface area contributed by atoms with Crippen LogP contribution in [-0.2, 0) is 4.74 Å². The average molecular weight is 427 g/mol. The lowest BCUT2D eigenvalue weighted by molar-refractivity contribution is -0.00545. The van der Waals surface area contributed by atoms with Crippen molar-refractivity contribution in [1.29, 1.82) is 5.26 Å². The van der Waals surface area contributed by atoms with E-state index in [0.29, 0.717) is 16.8 Å². The van der Waals surface area contributed by atoms with E-state index in [4.69, 9.17) is 10.00 Å². The molecule has 6 nitrogen and oxygen atoms in total. The molecule has 6 heteroatoms. The van der Waals surface area contributed by atoms with Crippen molar-refractivity contribution in [2.45, 2.75) is 33.0 Å². The molecule has 1 saturated heterocycles. The Balaban J connectivity index is 1.48. The van der Waals surface area contributed by atoms with E-state index in [-0.39, 0.29) is 18.1 Å². The molecule has 0 unspecified atom stereocenters. The van der Waals surface area contributed by atoms with Crippen LogP contribution in [0, 0.1) is 18.3 Å². The van der Waals surface area contributed by atoms with Gasteiger partial charge in [0.25, 0.3) is 5.91 Å². The van der Waals surface area contributed by atoms with Gasteiger partial charge in [-0.1, -0.05) is 18.2 Å². The van der Waals surface area contributed by atoms with E-state index in [1.54, 1.807) is 18.3 Å². The Morgan fingerprint density at radius 2 is 1.81 bits per heavy atom. The Morgan fingerprint density at radius 3 is 2.44 bits per heavy atom. The number of nitriles is 1. The second-order valence-electron chi connectivity index (χ2n) is 8.24. The maximum absolute atomic E-state index is 12.9. The molecule has 0 aliphatic carbocycles. The Bertz CT molecular complexity index is 1140. The van der Waals surface area contributed by atoms with E-state index in [0.717, 1.165) is 35.6 Å². The normalized spacial score (nSPS) is 18.1. The predicted octanol–water partition coefficient (Wildman–Crippen LogP) is 4.79. The van der Waals surface area contributed by atoms with Gasteiger partial charge in [-0.15, -0.1) is 0 Å². The number of carbonyl (C=O) groups is 1. The zero-order valence-corrected chi connectivity index (χ0v) is 18.5. The number of pyridine rings is 1. The molecule has 1 aromatic heterocycles. The molecular formula is C26H26N4O2. The number of nitrogens with one attached hydrogen (secondary N) is 1. The molecular weight excluding hydrogens is 400 g/mol. The van der Waals surface area contributed by atoms with Gasteiger partial charge in [-0.2, -0.15) is 5.26 Å². The molecule has 2 heterocycles. The molecule has 1 aliphatic heterocycles. The fraction of sp³-hybridized carbons (Fsp3) is 0.269. The average Bonchev–Trinajstić information content (AvgIpc) is 2.79. The molecule has 1 fully saturated rings. The number of anilines is 2. The highest BCUT2D eigenvalue weighted by Gasteiger charge is 2.23. The summed E-state index contributed by atoms with van der Waals surface area (Å²) in [4.78, 5) is 19.6. The van der Waals surface area contributed by atoms with E-state index in [9.17, 15) is 4.79 Å². The van der Waals surface area contributed by atoms with Crippen LogP contribution >= 0.6 is 0 Å². The first-order chi connectivity index (χ1) is 15.4. The van der Waals surface area contributed by atoms with Gasteiger partial charge < -0.3 is 15.0 Å². The number of morpholine rings is 1. The minimum absolute atomic E-state index is 0.159. The van der Waals surface area contributed by atoms with Gasteiger partial charge in [-0.25, -0.2) is 4.98 Å². The van der Waals surface area contributed by atoms with Crippen molar-refractivity contribution in [3.05, 3.63) is 77.5 Å². The maximum atomic E-state index is 12.9. The van der Waals surface area contributed by atoms with Crippen molar-refractivity contribution in [3.63, 3.8) is 0 Å². The monoisotopic (exact) mass is 426 g/mol. The van der Waals surface area contributed by atoms with Crippen LogP contribution in [-0.4, -0.2) is 36.2 Å². The van der Waals surface area contributed by atoms with Crippen molar-refractivity contribution < 1.29 is 9.53 Å². The van der Waals surface area contributed by atoms with Crippen molar-refractivity contribution in [1.82, 2.24) is 4.98 Å². The van der Waals surface area contributed by atoms with Crippen LogP contribution in [0.3, 0.4) is 0 Å². The number of carbonyl (C=O) groups excluding carboxylic acids is 1. The molecule has 1 aliphatic rings. The van der Waals surface area contributed by atoms with Gasteiger partial charge in [0, 0.05) is 18.7 Å². The number of benzene rings is 2. The molecule has 2 aromatic carbocycles. The lowest BCUT2D eigenvalue weighted by atomic mass is 9.97. The standard InChI is InChI=1S/C26H26N4O2/c1-17-4-7-22(12-24(17)21-8-5-20(13-27)6-9-21)26(31)29-23-10-11-25(28-14-23)30-15-18(2)32-19(3)16-30/h4-12,14,18-19H,15-16H2,1-3H3,(H,29,31)/t18-,19+. The first kappa shape index (κ1) is 21.5. The molecule has 0 saturated carbocycles. The topological polar surface area (TPSA) is 78.2 Å². The van der Waals surface area contributed by atoms with Gasteiger partial charge in [-0.3, -0.25) is 4.79 Å². The van der Waals surface area contributed by atoms with Crippen LogP contribution in [0.2, 0.25) is 0 Å². The maximum Gasteiger partial charge on any atom is 0.255 e. The molecule has 3 aromatic rings. The van der Waals surface area contributed by atoms with Gasteiger partial charge in [0.15, 0.2) is 0 Å². The highest BCUT2D eigenvalue weighted by Crippen LogP contribution is 2.26. The van der Waals surface area contributed by atoms with Gasteiger partial charge in [0.2, 0.25) is 0 Å². The van der Waals surface area contributed by atoms with Crippen molar-refractivity contribution in [3.8, 4) is 17.2 Å². The number of hydrogen-bond acceptors (Lipinski definition) is 5. The second kappa shape index (κ2) is 9.21. The molecule has 2 atom stereocenters. The molecule has 1 N–H and O–H groups in total.